The quantitative estimate of drug-likeness (QED) is 0.712. The Bertz CT molecular complexity index is 900. The highest BCUT2D eigenvalue weighted by molar-refractivity contribution is 5.78. The van der Waals surface area contributed by atoms with E-state index in [1.807, 2.05) is 42.5 Å². The van der Waals surface area contributed by atoms with E-state index in [2.05, 4.69) is 32.5 Å². The minimum atomic E-state index is -0.0724. The topological polar surface area (TPSA) is 71.3 Å². The van der Waals surface area contributed by atoms with Crippen molar-refractivity contribution >= 4 is 11.6 Å². The Labute approximate surface area is 164 Å². The fourth-order valence-corrected chi connectivity index (χ4v) is 3.44. The third-order valence-electron chi connectivity index (χ3n) is 4.96. The molecule has 2 aromatic carbocycles. The second-order valence-electron chi connectivity index (χ2n) is 7.05. The summed E-state index contributed by atoms with van der Waals surface area (Å²) in [6.45, 7) is 2.47. The van der Waals surface area contributed by atoms with Crippen LogP contribution in [-0.4, -0.2) is 29.1 Å². The average molecular weight is 376 g/mol. The molecule has 0 radical (unpaired) electrons. The molecule has 0 atom stereocenters. The number of carbonyl (C=O) groups excluding carboxylic acids is 1. The van der Waals surface area contributed by atoms with Crippen molar-refractivity contribution in [1.82, 2.24) is 15.5 Å². The molecule has 0 aliphatic carbocycles. The highest BCUT2D eigenvalue weighted by Gasteiger charge is 2.13. The van der Waals surface area contributed by atoms with Crippen LogP contribution in [0.4, 0.5) is 5.69 Å². The first-order chi connectivity index (χ1) is 13.8. The minimum absolute atomic E-state index is 0.0724. The van der Waals surface area contributed by atoms with E-state index in [0.717, 1.165) is 24.2 Å². The van der Waals surface area contributed by atoms with Crippen LogP contribution in [0.15, 0.2) is 59.1 Å². The number of nitrogens with one attached hydrogen (secondary N) is 1. The molecule has 6 nitrogen and oxygen atoms in total. The van der Waals surface area contributed by atoms with Gasteiger partial charge in [-0.3, -0.25) is 4.79 Å². The standard InChI is InChI=1S/C22H24N4O2/c27-20(15-17-7-3-1-4-8-17)23-16-21-24-22(25-28-21)18-9-11-19(12-10-18)26-13-5-2-6-14-26/h1,3-4,7-12H,2,5-6,13-16H2,(H,23,27). The molecule has 2 heterocycles. The van der Waals surface area contributed by atoms with Crippen molar-refractivity contribution in [2.45, 2.75) is 32.2 Å². The van der Waals surface area contributed by atoms with E-state index in [0.29, 0.717) is 18.1 Å². The Morgan fingerprint density at radius 3 is 2.50 bits per heavy atom. The summed E-state index contributed by atoms with van der Waals surface area (Å²) in [6, 6.07) is 17.9. The van der Waals surface area contributed by atoms with Gasteiger partial charge in [-0.2, -0.15) is 4.98 Å². The summed E-state index contributed by atoms with van der Waals surface area (Å²) in [5.41, 5.74) is 3.12. The molecule has 144 valence electrons. The molecule has 28 heavy (non-hydrogen) atoms. The summed E-state index contributed by atoms with van der Waals surface area (Å²) < 4.78 is 5.28. The molecule has 4 rings (SSSR count). The Morgan fingerprint density at radius 1 is 1.00 bits per heavy atom. The van der Waals surface area contributed by atoms with Gasteiger partial charge in [-0.15, -0.1) is 0 Å². The highest BCUT2D eigenvalue weighted by Crippen LogP contribution is 2.23. The summed E-state index contributed by atoms with van der Waals surface area (Å²) in [7, 11) is 0. The third kappa shape index (κ3) is 4.57. The molecule has 6 heteroatoms. The molecule has 0 spiro atoms. The van der Waals surface area contributed by atoms with Gasteiger partial charge in [0, 0.05) is 24.3 Å². The highest BCUT2D eigenvalue weighted by atomic mass is 16.5. The zero-order valence-corrected chi connectivity index (χ0v) is 15.8. The number of rotatable bonds is 6. The van der Waals surface area contributed by atoms with E-state index < -0.39 is 0 Å². The molecule has 1 saturated heterocycles. The predicted molar refractivity (Wildman–Crippen MR) is 108 cm³/mol. The first-order valence-electron chi connectivity index (χ1n) is 9.76. The SMILES string of the molecule is O=C(Cc1ccccc1)NCc1nc(-c2ccc(N3CCCCC3)cc2)no1. The van der Waals surface area contributed by atoms with E-state index in [4.69, 9.17) is 4.52 Å². The monoisotopic (exact) mass is 376 g/mol. The van der Waals surface area contributed by atoms with Gasteiger partial charge in [0.15, 0.2) is 0 Å². The number of nitrogens with zero attached hydrogens (tertiary/aromatic N) is 3. The van der Waals surface area contributed by atoms with Crippen LogP contribution in [0, 0.1) is 0 Å². The molecule has 0 bridgehead atoms. The van der Waals surface area contributed by atoms with Gasteiger partial charge in [-0.05, 0) is 49.1 Å². The van der Waals surface area contributed by atoms with Crippen molar-refractivity contribution < 1.29 is 9.32 Å². The van der Waals surface area contributed by atoms with Gasteiger partial charge in [0.25, 0.3) is 0 Å². The van der Waals surface area contributed by atoms with Crippen LogP contribution in [0.5, 0.6) is 0 Å². The van der Waals surface area contributed by atoms with E-state index in [-0.39, 0.29) is 12.5 Å². The molecule has 3 aromatic rings. The Hall–Kier alpha value is -3.15. The summed E-state index contributed by atoms with van der Waals surface area (Å²) in [5, 5.41) is 6.86. The van der Waals surface area contributed by atoms with Gasteiger partial charge < -0.3 is 14.7 Å². The van der Waals surface area contributed by atoms with Crippen molar-refractivity contribution in [3.8, 4) is 11.4 Å². The van der Waals surface area contributed by atoms with Crippen molar-refractivity contribution in [3.05, 3.63) is 66.1 Å². The molecule has 1 fully saturated rings. The largest absolute Gasteiger partial charge is 0.372 e. The van der Waals surface area contributed by atoms with Crippen LogP contribution in [0.2, 0.25) is 0 Å². The van der Waals surface area contributed by atoms with Crippen LogP contribution in [0.3, 0.4) is 0 Å². The summed E-state index contributed by atoms with van der Waals surface area (Å²) in [4.78, 5) is 18.9. The van der Waals surface area contributed by atoms with Crippen LogP contribution >= 0.6 is 0 Å². The molecule has 1 amide bonds. The lowest BCUT2D eigenvalue weighted by atomic mass is 10.1. The molecule has 1 aliphatic heterocycles. The number of hydrogen-bond donors (Lipinski definition) is 1. The fraction of sp³-hybridized carbons (Fsp3) is 0.318. The zero-order valence-electron chi connectivity index (χ0n) is 15.8. The van der Waals surface area contributed by atoms with Crippen molar-refractivity contribution in [3.63, 3.8) is 0 Å². The summed E-state index contributed by atoms with van der Waals surface area (Å²) >= 11 is 0. The molecule has 0 saturated carbocycles. The van der Waals surface area contributed by atoms with E-state index >= 15 is 0 Å². The van der Waals surface area contributed by atoms with Crippen LogP contribution in [0.1, 0.15) is 30.7 Å². The molecular weight excluding hydrogens is 352 g/mol. The summed E-state index contributed by atoms with van der Waals surface area (Å²) in [5.74, 6) is 0.867. The lowest BCUT2D eigenvalue weighted by Crippen LogP contribution is -2.29. The molecule has 0 unspecified atom stereocenters. The van der Waals surface area contributed by atoms with Crippen molar-refractivity contribution in [1.29, 1.82) is 0 Å². The predicted octanol–water partition coefficient (Wildman–Crippen LogP) is 3.59. The first kappa shape index (κ1) is 18.2. The van der Waals surface area contributed by atoms with Gasteiger partial charge in [0.05, 0.1) is 13.0 Å². The second kappa shape index (κ2) is 8.69. The Kier molecular flexibility index (Phi) is 5.66. The number of amides is 1. The normalized spacial score (nSPS) is 14.1. The minimum Gasteiger partial charge on any atom is -0.372 e. The van der Waals surface area contributed by atoms with Gasteiger partial charge in [0.2, 0.25) is 17.6 Å². The first-order valence-corrected chi connectivity index (χ1v) is 9.76. The van der Waals surface area contributed by atoms with Gasteiger partial charge in [0.1, 0.15) is 0 Å². The maximum Gasteiger partial charge on any atom is 0.246 e. The van der Waals surface area contributed by atoms with E-state index in [1.165, 1.54) is 24.9 Å². The van der Waals surface area contributed by atoms with Crippen LogP contribution < -0.4 is 10.2 Å². The number of anilines is 1. The van der Waals surface area contributed by atoms with E-state index in [1.54, 1.807) is 0 Å². The number of piperidine rings is 1. The third-order valence-corrected chi connectivity index (χ3v) is 4.96. The van der Waals surface area contributed by atoms with Crippen molar-refractivity contribution in [2.24, 2.45) is 0 Å². The Balaban J connectivity index is 1.33. The number of carbonyl (C=O) groups is 1. The van der Waals surface area contributed by atoms with Gasteiger partial charge >= 0.3 is 0 Å². The van der Waals surface area contributed by atoms with Crippen LogP contribution in [-0.2, 0) is 17.8 Å². The number of benzene rings is 2. The second-order valence-corrected chi connectivity index (χ2v) is 7.05. The molecule has 1 N–H and O–H groups in total. The number of hydrogen-bond acceptors (Lipinski definition) is 5. The molecular formula is C22H24N4O2. The lowest BCUT2D eigenvalue weighted by Gasteiger charge is -2.28. The Morgan fingerprint density at radius 2 is 1.75 bits per heavy atom. The fourth-order valence-electron chi connectivity index (χ4n) is 3.44. The molecule has 1 aromatic heterocycles. The maximum absolute atomic E-state index is 12.0. The summed E-state index contributed by atoms with van der Waals surface area (Å²) in [6.07, 6.45) is 4.17. The van der Waals surface area contributed by atoms with Gasteiger partial charge in [-0.25, -0.2) is 0 Å². The average Bonchev–Trinajstić information content (AvgIpc) is 3.23. The van der Waals surface area contributed by atoms with E-state index in [9.17, 15) is 4.79 Å². The van der Waals surface area contributed by atoms with Crippen molar-refractivity contribution in [2.75, 3.05) is 18.0 Å². The lowest BCUT2D eigenvalue weighted by molar-refractivity contribution is -0.120. The smallest absolute Gasteiger partial charge is 0.246 e. The maximum atomic E-state index is 12.0. The number of aromatic nitrogens is 2. The zero-order chi connectivity index (χ0) is 19.2. The van der Waals surface area contributed by atoms with Gasteiger partial charge in [-0.1, -0.05) is 35.5 Å². The van der Waals surface area contributed by atoms with Crippen LogP contribution in [0.25, 0.3) is 11.4 Å². The molecule has 1 aliphatic rings.